The Labute approximate surface area is 100 Å². The first-order valence-electron chi connectivity index (χ1n) is 5.33. The summed E-state index contributed by atoms with van der Waals surface area (Å²) in [4.78, 5) is 4.18. The van der Waals surface area contributed by atoms with Crippen LogP contribution >= 0.6 is 0 Å². The van der Waals surface area contributed by atoms with E-state index >= 15 is 0 Å². The highest BCUT2D eigenvalue weighted by Gasteiger charge is 2.01. The molecule has 2 rings (SSSR count). The molecule has 0 bridgehead atoms. The summed E-state index contributed by atoms with van der Waals surface area (Å²) in [6, 6.07) is 11.4. The van der Waals surface area contributed by atoms with Gasteiger partial charge in [-0.2, -0.15) is 0 Å². The number of pyridine rings is 1. The van der Waals surface area contributed by atoms with E-state index in [-0.39, 0.29) is 0 Å². The Balaban J connectivity index is 2.22. The first-order chi connectivity index (χ1) is 8.19. The Bertz CT molecular complexity index is 526. The lowest BCUT2D eigenvalue weighted by atomic mass is 10.2. The average molecular weight is 229 g/mol. The zero-order chi connectivity index (χ0) is 12.3. The lowest BCUT2D eigenvalue weighted by molar-refractivity contribution is 0.412. The van der Waals surface area contributed by atoms with Crippen LogP contribution in [0.4, 0.5) is 17.3 Å². The number of nitrogens with zero attached hydrogens (tertiary/aromatic N) is 1. The molecule has 4 nitrogen and oxygen atoms in total. The molecule has 0 fully saturated rings. The average Bonchev–Trinajstić information content (AvgIpc) is 2.29. The number of hydrogen-bond acceptors (Lipinski definition) is 4. The van der Waals surface area contributed by atoms with E-state index in [4.69, 9.17) is 10.5 Å². The molecular formula is C13H15N3O. The van der Waals surface area contributed by atoms with Crippen LogP contribution in [0.15, 0.2) is 36.4 Å². The highest BCUT2D eigenvalue weighted by molar-refractivity contribution is 5.60. The quantitative estimate of drug-likeness (QED) is 0.849. The van der Waals surface area contributed by atoms with Crippen molar-refractivity contribution < 1.29 is 4.74 Å². The predicted molar refractivity (Wildman–Crippen MR) is 69.7 cm³/mol. The van der Waals surface area contributed by atoms with Crippen molar-refractivity contribution in [3.63, 3.8) is 0 Å². The predicted octanol–water partition coefficient (Wildman–Crippen LogP) is 2.72. The number of nitrogens with two attached hydrogens (primary N) is 1. The Kier molecular flexibility index (Phi) is 3.14. The summed E-state index contributed by atoms with van der Waals surface area (Å²) in [6.45, 7) is 2.00. The standard InChI is InChI=1S/C13H15N3O/c1-9-8-10(6-7-11(9)17-2)15-13-5-3-4-12(14)16-13/h3-8H,1-2H3,(H3,14,15,16). The third kappa shape index (κ3) is 2.66. The van der Waals surface area contributed by atoms with E-state index in [0.29, 0.717) is 5.82 Å². The molecule has 4 heteroatoms. The highest BCUT2D eigenvalue weighted by atomic mass is 16.5. The first kappa shape index (κ1) is 11.3. The molecule has 0 spiro atoms. The molecule has 1 aromatic carbocycles. The molecule has 1 heterocycles. The Hall–Kier alpha value is -2.23. The number of ether oxygens (including phenoxy) is 1. The van der Waals surface area contributed by atoms with Crippen LogP contribution in [0.2, 0.25) is 0 Å². The van der Waals surface area contributed by atoms with Crippen LogP contribution in [0.5, 0.6) is 5.75 Å². The summed E-state index contributed by atoms with van der Waals surface area (Å²) in [5.74, 6) is 2.10. The van der Waals surface area contributed by atoms with Crippen molar-refractivity contribution in [1.29, 1.82) is 0 Å². The minimum Gasteiger partial charge on any atom is -0.496 e. The maximum Gasteiger partial charge on any atom is 0.132 e. The summed E-state index contributed by atoms with van der Waals surface area (Å²) in [6.07, 6.45) is 0. The smallest absolute Gasteiger partial charge is 0.132 e. The summed E-state index contributed by atoms with van der Waals surface area (Å²) in [5.41, 5.74) is 7.65. The molecule has 1 aromatic heterocycles. The normalized spacial score (nSPS) is 10.0. The number of methoxy groups -OCH3 is 1. The minimum atomic E-state index is 0.500. The SMILES string of the molecule is COc1ccc(Nc2cccc(N)n2)cc1C. The molecule has 0 aliphatic rings. The molecule has 0 amide bonds. The van der Waals surface area contributed by atoms with Gasteiger partial charge in [0.15, 0.2) is 0 Å². The minimum absolute atomic E-state index is 0.500. The fourth-order valence-corrected chi connectivity index (χ4v) is 1.63. The van der Waals surface area contributed by atoms with Crippen LogP contribution in [-0.4, -0.2) is 12.1 Å². The zero-order valence-corrected chi connectivity index (χ0v) is 9.90. The van der Waals surface area contributed by atoms with Crippen LogP contribution in [0.25, 0.3) is 0 Å². The van der Waals surface area contributed by atoms with Gasteiger partial charge < -0.3 is 15.8 Å². The van der Waals surface area contributed by atoms with Crippen molar-refractivity contribution in [1.82, 2.24) is 4.98 Å². The summed E-state index contributed by atoms with van der Waals surface area (Å²) < 4.78 is 5.21. The van der Waals surface area contributed by atoms with Crippen LogP contribution in [0, 0.1) is 6.92 Å². The summed E-state index contributed by atoms with van der Waals surface area (Å²) in [5, 5.41) is 3.19. The fourth-order valence-electron chi connectivity index (χ4n) is 1.63. The molecule has 3 N–H and O–H groups in total. The second kappa shape index (κ2) is 4.74. The number of anilines is 3. The van der Waals surface area contributed by atoms with Crippen molar-refractivity contribution >= 4 is 17.3 Å². The molecule has 17 heavy (non-hydrogen) atoms. The number of nitrogen functional groups attached to an aromatic ring is 1. The van der Waals surface area contributed by atoms with E-state index in [9.17, 15) is 0 Å². The van der Waals surface area contributed by atoms with E-state index in [1.165, 1.54) is 0 Å². The van der Waals surface area contributed by atoms with Crippen LogP contribution in [0.1, 0.15) is 5.56 Å². The van der Waals surface area contributed by atoms with Crippen LogP contribution in [0.3, 0.4) is 0 Å². The lowest BCUT2D eigenvalue weighted by Gasteiger charge is -2.09. The van der Waals surface area contributed by atoms with Gasteiger partial charge >= 0.3 is 0 Å². The van der Waals surface area contributed by atoms with E-state index in [1.54, 1.807) is 13.2 Å². The van der Waals surface area contributed by atoms with E-state index in [0.717, 1.165) is 22.8 Å². The van der Waals surface area contributed by atoms with Gasteiger partial charge in [-0.1, -0.05) is 6.07 Å². The molecular weight excluding hydrogens is 214 g/mol. The van der Waals surface area contributed by atoms with Crippen molar-refractivity contribution in [3.8, 4) is 5.75 Å². The lowest BCUT2D eigenvalue weighted by Crippen LogP contribution is -1.97. The van der Waals surface area contributed by atoms with Crippen LogP contribution in [-0.2, 0) is 0 Å². The third-order valence-corrected chi connectivity index (χ3v) is 2.44. The number of nitrogens with one attached hydrogen (secondary N) is 1. The largest absolute Gasteiger partial charge is 0.496 e. The maximum atomic E-state index is 5.62. The van der Waals surface area contributed by atoms with Gasteiger partial charge in [-0.25, -0.2) is 4.98 Å². The van der Waals surface area contributed by atoms with Crippen molar-refractivity contribution in [3.05, 3.63) is 42.0 Å². The van der Waals surface area contributed by atoms with Gasteiger partial charge in [-0.05, 0) is 42.8 Å². The third-order valence-electron chi connectivity index (χ3n) is 2.44. The Morgan fingerprint density at radius 2 is 2.06 bits per heavy atom. The van der Waals surface area contributed by atoms with Gasteiger partial charge in [0.05, 0.1) is 7.11 Å². The topological polar surface area (TPSA) is 60.2 Å². The number of rotatable bonds is 3. The van der Waals surface area contributed by atoms with Gasteiger partial charge in [-0.3, -0.25) is 0 Å². The molecule has 0 unspecified atom stereocenters. The number of aromatic nitrogens is 1. The van der Waals surface area contributed by atoms with E-state index in [1.807, 2.05) is 37.3 Å². The Morgan fingerprint density at radius 3 is 2.71 bits per heavy atom. The first-order valence-corrected chi connectivity index (χ1v) is 5.33. The van der Waals surface area contributed by atoms with Gasteiger partial charge in [0.2, 0.25) is 0 Å². The molecule has 0 aliphatic carbocycles. The van der Waals surface area contributed by atoms with Gasteiger partial charge in [0.25, 0.3) is 0 Å². The highest BCUT2D eigenvalue weighted by Crippen LogP contribution is 2.23. The number of aryl methyl sites for hydroxylation is 1. The van der Waals surface area contributed by atoms with Crippen molar-refractivity contribution in [2.45, 2.75) is 6.92 Å². The van der Waals surface area contributed by atoms with Gasteiger partial charge in [0, 0.05) is 5.69 Å². The summed E-state index contributed by atoms with van der Waals surface area (Å²) in [7, 11) is 1.66. The molecule has 0 saturated carbocycles. The van der Waals surface area contributed by atoms with Gasteiger partial charge in [-0.15, -0.1) is 0 Å². The molecule has 88 valence electrons. The second-order valence-corrected chi connectivity index (χ2v) is 3.76. The van der Waals surface area contributed by atoms with E-state index in [2.05, 4.69) is 10.3 Å². The Morgan fingerprint density at radius 1 is 1.24 bits per heavy atom. The molecule has 0 atom stereocenters. The maximum absolute atomic E-state index is 5.62. The molecule has 0 saturated heterocycles. The number of benzene rings is 1. The van der Waals surface area contributed by atoms with Crippen LogP contribution < -0.4 is 15.8 Å². The van der Waals surface area contributed by atoms with Crippen molar-refractivity contribution in [2.24, 2.45) is 0 Å². The van der Waals surface area contributed by atoms with E-state index < -0.39 is 0 Å². The fraction of sp³-hybridized carbons (Fsp3) is 0.154. The second-order valence-electron chi connectivity index (χ2n) is 3.76. The molecule has 0 radical (unpaired) electrons. The number of hydrogen-bond donors (Lipinski definition) is 2. The molecule has 0 aliphatic heterocycles. The molecule has 2 aromatic rings. The zero-order valence-electron chi connectivity index (χ0n) is 9.90. The monoisotopic (exact) mass is 229 g/mol. The van der Waals surface area contributed by atoms with Gasteiger partial charge in [0.1, 0.15) is 17.4 Å². The summed E-state index contributed by atoms with van der Waals surface area (Å²) >= 11 is 0. The van der Waals surface area contributed by atoms with Crippen molar-refractivity contribution in [2.75, 3.05) is 18.2 Å².